The molecule has 0 spiro atoms. The first-order valence-corrected chi connectivity index (χ1v) is 6.65. The average molecular weight is 264 g/mol. The standard InChI is InChI=1S/C13H20N4O2/c1-15-5-4-11-10(8-15)12-13(18)16(2)6-9(19-3)7-17(12)14-11/h9H,4-8H2,1-3H3. The second kappa shape index (κ2) is 4.61. The van der Waals surface area contributed by atoms with E-state index in [4.69, 9.17) is 4.74 Å². The molecule has 3 heterocycles. The van der Waals surface area contributed by atoms with Crippen molar-refractivity contribution >= 4 is 5.91 Å². The number of aromatic nitrogens is 2. The van der Waals surface area contributed by atoms with Crippen molar-refractivity contribution in [1.82, 2.24) is 19.6 Å². The Bertz CT molecular complexity index is 511. The highest BCUT2D eigenvalue weighted by atomic mass is 16.5. The zero-order chi connectivity index (χ0) is 13.6. The van der Waals surface area contributed by atoms with Crippen molar-refractivity contribution in [3.8, 4) is 0 Å². The maximum Gasteiger partial charge on any atom is 0.272 e. The van der Waals surface area contributed by atoms with Crippen LogP contribution in [-0.2, 0) is 24.2 Å². The molecule has 0 aromatic carbocycles. The van der Waals surface area contributed by atoms with Crippen LogP contribution in [0.25, 0.3) is 0 Å². The summed E-state index contributed by atoms with van der Waals surface area (Å²) in [6.07, 6.45) is 0.926. The summed E-state index contributed by atoms with van der Waals surface area (Å²) in [5.41, 5.74) is 2.93. The average Bonchev–Trinajstić information content (AvgIpc) is 2.68. The van der Waals surface area contributed by atoms with Gasteiger partial charge in [-0.15, -0.1) is 0 Å². The lowest BCUT2D eigenvalue weighted by molar-refractivity contribution is 0.0538. The second-order valence-corrected chi connectivity index (χ2v) is 5.49. The van der Waals surface area contributed by atoms with Crippen LogP contribution in [0.2, 0.25) is 0 Å². The van der Waals surface area contributed by atoms with Crippen LogP contribution >= 0.6 is 0 Å². The minimum atomic E-state index is 0.00860. The highest BCUT2D eigenvalue weighted by Crippen LogP contribution is 2.24. The SMILES string of the molecule is COC1CN(C)C(=O)c2c3c(nn2C1)CCN(C)C3. The summed E-state index contributed by atoms with van der Waals surface area (Å²) < 4.78 is 7.29. The Morgan fingerprint density at radius 1 is 1.32 bits per heavy atom. The lowest BCUT2D eigenvalue weighted by atomic mass is 10.1. The highest BCUT2D eigenvalue weighted by Gasteiger charge is 2.32. The molecule has 6 heteroatoms. The van der Waals surface area contributed by atoms with Gasteiger partial charge in [0, 0.05) is 45.8 Å². The predicted octanol–water partition coefficient (Wildman–Crippen LogP) is -0.0284. The smallest absolute Gasteiger partial charge is 0.272 e. The van der Waals surface area contributed by atoms with E-state index in [1.807, 2.05) is 11.7 Å². The summed E-state index contributed by atoms with van der Waals surface area (Å²) in [7, 11) is 5.59. The number of carbonyl (C=O) groups is 1. The fourth-order valence-electron chi connectivity index (χ4n) is 2.90. The first-order valence-electron chi connectivity index (χ1n) is 6.65. The number of fused-ring (bicyclic) bond motifs is 3. The fourth-order valence-corrected chi connectivity index (χ4v) is 2.90. The predicted molar refractivity (Wildman–Crippen MR) is 70.0 cm³/mol. The number of carbonyl (C=O) groups excluding carboxylic acids is 1. The molecule has 2 aliphatic heterocycles. The molecule has 1 aromatic heterocycles. The summed E-state index contributed by atoms with van der Waals surface area (Å²) >= 11 is 0. The molecule has 0 saturated carbocycles. The van der Waals surface area contributed by atoms with Crippen LogP contribution in [-0.4, -0.2) is 65.9 Å². The molecular formula is C13H20N4O2. The molecule has 2 aliphatic rings. The van der Waals surface area contributed by atoms with E-state index >= 15 is 0 Å². The van der Waals surface area contributed by atoms with Crippen LogP contribution in [0.15, 0.2) is 0 Å². The zero-order valence-electron chi connectivity index (χ0n) is 11.7. The summed E-state index contributed by atoms with van der Waals surface area (Å²) in [6.45, 7) is 3.07. The van der Waals surface area contributed by atoms with Gasteiger partial charge < -0.3 is 14.5 Å². The molecule has 1 unspecified atom stereocenters. The Morgan fingerprint density at radius 3 is 2.84 bits per heavy atom. The Balaban J connectivity index is 2.06. The Labute approximate surface area is 112 Å². The molecule has 0 N–H and O–H groups in total. The molecule has 19 heavy (non-hydrogen) atoms. The van der Waals surface area contributed by atoms with Crippen molar-refractivity contribution in [2.75, 3.05) is 34.3 Å². The van der Waals surface area contributed by atoms with Gasteiger partial charge in [-0.1, -0.05) is 0 Å². The summed E-state index contributed by atoms with van der Waals surface area (Å²) in [5, 5.41) is 4.63. The number of methoxy groups -OCH3 is 1. The molecular weight excluding hydrogens is 244 g/mol. The van der Waals surface area contributed by atoms with E-state index in [1.165, 1.54) is 0 Å². The van der Waals surface area contributed by atoms with Crippen molar-refractivity contribution in [3.05, 3.63) is 17.0 Å². The normalized spacial score (nSPS) is 24.1. The maximum absolute atomic E-state index is 12.5. The van der Waals surface area contributed by atoms with Crippen molar-refractivity contribution in [3.63, 3.8) is 0 Å². The summed E-state index contributed by atoms with van der Waals surface area (Å²) in [6, 6.07) is 0. The number of likely N-dealkylation sites (N-methyl/N-ethyl adjacent to an activating group) is 2. The van der Waals surface area contributed by atoms with Crippen molar-refractivity contribution in [1.29, 1.82) is 0 Å². The van der Waals surface area contributed by atoms with Gasteiger partial charge >= 0.3 is 0 Å². The van der Waals surface area contributed by atoms with Crippen molar-refractivity contribution < 1.29 is 9.53 Å². The number of ether oxygens (including phenoxy) is 1. The van der Waals surface area contributed by atoms with Gasteiger partial charge in [0.15, 0.2) is 0 Å². The van der Waals surface area contributed by atoms with E-state index in [1.54, 1.807) is 12.0 Å². The quantitative estimate of drug-likeness (QED) is 0.715. The topological polar surface area (TPSA) is 50.6 Å². The van der Waals surface area contributed by atoms with Gasteiger partial charge in [-0.25, -0.2) is 0 Å². The number of rotatable bonds is 1. The molecule has 104 valence electrons. The lowest BCUT2D eigenvalue weighted by Gasteiger charge is -2.23. The number of hydrogen-bond acceptors (Lipinski definition) is 4. The van der Waals surface area contributed by atoms with Gasteiger partial charge in [0.1, 0.15) is 5.69 Å². The van der Waals surface area contributed by atoms with Gasteiger partial charge in [0.05, 0.1) is 18.3 Å². The fraction of sp³-hybridized carbons (Fsp3) is 0.692. The van der Waals surface area contributed by atoms with E-state index in [0.29, 0.717) is 13.1 Å². The van der Waals surface area contributed by atoms with Gasteiger partial charge in [0.2, 0.25) is 0 Å². The molecule has 1 atom stereocenters. The Hall–Kier alpha value is -1.40. The van der Waals surface area contributed by atoms with Crippen molar-refractivity contribution in [2.45, 2.75) is 25.6 Å². The summed E-state index contributed by atoms with van der Waals surface area (Å²) in [5.74, 6) is 0.0589. The van der Waals surface area contributed by atoms with E-state index < -0.39 is 0 Å². The molecule has 0 fully saturated rings. The molecule has 3 rings (SSSR count). The second-order valence-electron chi connectivity index (χ2n) is 5.49. The minimum Gasteiger partial charge on any atom is -0.378 e. The van der Waals surface area contributed by atoms with Gasteiger partial charge in [-0.2, -0.15) is 5.10 Å². The third-order valence-corrected chi connectivity index (χ3v) is 4.03. The number of nitrogens with zero attached hydrogens (tertiary/aromatic N) is 4. The van der Waals surface area contributed by atoms with Crippen LogP contribution in [0.5, 0.6) is 0 Å². The van der Waals surface area contributed by atoms with E-state index in [2.05, 4.69) is 17.0 Å². The Morgan fingerprint density at radius 2 is 2.11 bits per heavy atom. The number of hydrogen-bond donors (Lipinski definition) is 0. The van der Waals surface area contributed by atoms with E-state index in [9.17, 15) is 4.79 Å². The van der Waals surface area contributed by atoms with Gasteiger partial charge in [-0.05, 0) is 7.05 Å². The van der Waals surface area contributed by atoms with Crippen LogP contribution in [0.3, 0.4) is 0 Å². The van der Waals surface area contributed by atoms with Gasteiger partial charge in [0.25, 0.3) is 5.91 Å². The zero-order valence-corrected chi connectivity index (χ0v) is 11.7. The van der Waals surface area contributed by atoms with Crippen molar-refractivity contribution in [2.24, 2.45) is 0 Å². The van der Waals surface area contributed by atoms with Crippen LogP contribution in [0.1, 0.15) is 21.7 Å². The molecule has 0 saturated heterocycles. The molecule has 6 nitrogen and oxygen atoms in total. The van der Waals surface area contributed by atoms with Crippen LogP contribution < -0.4 is 0 Å². The Kier molecular flexibility index (Phi) is 3.06. The first kappa shape index (κ1) is 12.6. The third kappa shape index (κ3) is 2.04. The molecule has 0 bridgehead atoms. The minimum absolute atomic E-state index is 0.00860. The van der Waals surface area contributed by atoms with Crippen LogP contribution in [0.4, 0.5) is 0 Å². The molecule has 1 amide bonds. The van der Waals surface area contributed by atoms with E-state index in [0.717, 1.165) is 36.5 Å². The maximum atomic E-state index is 12.5. The lowest BCUT2D eigenvalue weighted by Crippen LogP contribution is -2.34. The first-order chi connectivity index (χ1) is 9.10. The highest BCUT2D eigenvalue weighted by molar-refractivity contribution is 5.94. The monoisotopic (exact) mass is 264 g/mol. The largest absolute Gasteiger partial charge is 0.378 e. The molecule has 1 aromatic rings. The van der Waals surface area contributed by atoms with Crippen LogP contribution in [0, 0.1) is 0 Å². The molecule has 0 radical (unpaired) electrons. The number of amides is 1. The summed E-state index contributed by atoms with van der Waals surface area (Å²) in [4.78, 5) is 16.5. The third-order valence-electron chi connectivity index (χ3n) is 4.03. The molecule has 0 aliphatic carbocycles. The van der Waals surface area contributed by atoms with E-state index in [-0.39, 0.29) is 12.0 Å². The van der Waals surface area contributed by atoms with Gasteiger partial charge in [-0.3, -0.25) is 9.48 Å².